The van der Waals surface area contributed by atoms with E-state index in [0.29, 0.717) is 145 Å². The fourth-order valence-corrected chi connectivity index (χ4v) is 21.1. The zero-order valence-corrected chi connectivity index (χ0v) is 80.2. The van der Waals surface area contributed by atoms with Gasteiger partial charge in [0.25, 0.3) is 16.7 Å². The molecule has 6 atom stereocenters. The molecule has 34 heteroatoms. The maximum atomic E-state index is 17.5. The number of nitrogen functional groups attached to an aromatic ring is 3. The summed E-state index contributed by atoms with van der Waals surface area (Å²) in [7, 11) is 5.70. The van der Waals surface area contributed by atoms with Gasteiger partial charge in [-0.2, -0.15) is 0 Å². The Bertz CT molecular complexity index is 7220. The fraction of sp³-hybridized carbons (Fsp3) is 0.343. The number of anilines is 9. The van der Waals surface area contributed by atoms with Gasteiger partial charge in [-0.25, -0.2) is 39.5 Å². The number of hydrogen-bond donors (Lipinski definition) is 4. The highest BCUT2D eigenvalue weighted by Gasteiger charge is 2.47. The Kier molecular flexibility index (Phi) is 26.8. The van der Waals surface area contributed by atoms with E-state index in [2.05, 4.69) is 44.9 Å². The molecular formula is C105H112F9N19O6. The molecule has 3 amide bonds. The number of nitrogens with zero attached hydrogens (tertiary/aromatic N) is 15. The molecular weight excluding hydrogens is 1790 g/mol. The van der Waals surface area contributed by atoms with Gasteiger partial charge in [-0.15, -0.1) is 0 Å². The highest BCUT2D eigenvalue weighted by Crippen LogP contribution is 2.51. The Morgan fingerprint density at radius 3 is 1.12 bits per heavy atom. The number of piperazine rings is 3. The number of benzene rings is 6. The van der Waals surface area contributed by atoms with E-state index >= 15 is 44.3 Å². The van der Waals surface area contributed by atoms with E-state index in [0.717, 1.165) is 36.9 Å². The first-order valence-corrected chi connectivity index (χ1v) is 46.4. The predicted octanol–water partition coefficient (Wildman–Crippen LogP) is 16.9. The third-order valence-corrected chi connectivity index (χ3v) is 27.5. The molecule has 12 heterocycles. The van der Waals surface area contributed by atoms with Gasteiger partial charge in [0.1, 0.15) is 52.0 Å². The first-order valence-electron chi connectivity index (χ1n) is 46.4. The van der Waals surface area contributed by atoms with Crippen molar-refractivity contribution >= 4 is 102 Å². The molecule has 3 fully saturated rings. The molecule has 726 valence electrons. The van der Waals surface area contributed by atoms with Crippen LogP contribution in [0.5, 0.6) is 0 Å². The SMILES string of the molecule is C=CC(=O)N1CC2CN(C)c3c(c4cc(F)c(-c5c(N)cccc5F)c(F)c4n(-c4c(C)ccnc4C(C)C)c3=O)N2CC1C.C=CC(=O)N1CC2CN(CCCN(C)C)c3c(c4cc(F)c(-c5c(N)cccc5F)c(F)c4n(-c4c(C)ccnc4C(C)C)c3=O)N2CC1C.C=CC(=O)N1CC2CNc3c(c4cc(F)c(-c5c(N)cccc5F)c(F)c4n(-c4c(C)ccnc4C(C)C)c3=O)N2CC1C. The topological polar surface area (TPSA) is 275 Å². The first kappa shape index (κ1) is 97.6. The number of likely N-dealkylation sites (N-methyl/N-ethyl adjacent to an activating group) is 1. The van der Waals surface area contributed by atoms with Gasteiger partial charge in [0.15, 0.2) is 17.5 Å². The van der Waals surface area contributed by atoms with E-state index in [-0.39, 0.29) is 133 Å². The number of carbonyl (C=O) groups is 3. The second-order valence-corrected chi connectivity index (χ2v) is 37.9. The molecule has 0 aliphatic carbocycles. The van der Waals surface area contributed by atoms with E-state index in [1.807, 2.05) is 103 Å². The maximum Gasteiger partial charge on any atom is 0.281 e. The van der Waals surface area contributed by atoms with Crippen molar-refractivity contribution in [2.45, 2.75) is 144 Å². The number of rotatable bonds is 16. The van der Waals surface area contributed by atoms with Gasteiger partial charge in [-0.3, -0.25) is 57.4 Å². The van der Waals surface area contributed by atoms with Crippen molar-refractivity contribution in [2.75, 3.05) is 140 Å². The lowest BCUT2D eigenvalue weighted by Crippen LogP contribution is -2.64. The standard InChI is InChI=1S/C38H44F3N7O2.C34H35F3N6O2.C33H33F3N6O2/c1-8-29(49)46-20-24-19-45(16-10-15-44(6)7)37-36(47(24)18-23(46)5)25-17-27(40)31(30-26(39)11-9-12-28(30)42)32(41)35(25)48(38(37)50)34-22(4)13-14-43-33(34)21(2)3;1-7-25(44)41-16-20-15-40(6)33-32(42(20)14-19(41)5)21-13-23(36)27(26-22(35)9-8-10-24(26)38)28(37)31(21)43(34(33)45)30-18(4)11-12-39-29(30)17(2)3;1-6-24(43)40-15-19-13-39-29-32(41(19)14-18(40)5)20-12-22(35)26(25-21(34)8-7-9-23(25)37)27(36)31(20)42(33(29)44)30-17(4)10-11-38-28(30)16(2)3/h8-9,11-14,17,21,23-24H,1,10,15-16,18-20,42H2,2-7H3;7-13,17,19-20H,1,14-16,38H2,2-6H3;6-12,16,18-19,39H,1,13-15,37H2,2-5H3. The Labute approximate surface area is 798 Å². The monoisotopic (exact) mass is 1910 g/mol. The zero-order valence-electron chi connectivity index (χ0n) is 80.2. The average Bonchev–Trinajstić information content (AvgIpc) is 0.700. The second kappa shape index (κ2) is 38.2. The molecule has 0 bridgehead atoms. The minimum absolute atomic E-state index is 0.124. The third kappa shape index (κ3) is 16.7. The lowest BCUT2D eigenvalue weighted by Gasteiger charge is -2.52. The van der Waals surface area contributed by atoms with E-state index < -0.39 is 102 Å². The summed E-state index contributed by atoms with van der Waals surface area (Å²) >= 11 is 0. The van der Waals surface area contributed by atoms with Gasteiger partial charge < -0.3 is 66.6 Å². The van der Waals surface area contributed by atoms with Crippen molar-refractivity contribution in [3.8, 4) is 50.4 Å². The van der Waals surface area contributed by atoms with Gasteiger partial charge in [-0.1, -0.05) is 79.5 Å². The van der Waals surface area contributed by atoms with Crippen molar-refractivity contribution in [3.63, 3.8) is 0 Å². The molecule has 0 saturated carbocycles. The minimum Gasteiger partial charge on any atom is -0.398 e. The van der Waals surface area contributed by atoms with E-state index in [1.54, 1.807) is 77.3 Å². The Hall–Kier alpha value is -14.4. The van der Waals surface area contributed by atoms with Crippen molar-refractivity contribution in [1.82, 2.24) is 48.3 Å². The Morgan fingerprint density at radius 1 is 0.432 bits per heavy atom. The van der Waals surface area contributed by atoms with Crippen LogP contribution in [-0.4, -0.2) is 195 Å². The highest BCUT2D eigenvalue weighted by atomic mass is 19.2. The molecule has 7 N–H and O–H groups in total. The number of carbonyl (C=O) groups excluding carboxylic acids is 3. The van der Waals surface area contributed by atoms with Crippen LogP contribution in [0.2, 0.25) is 0 Å². The molecule has 139 heavy (non-hydrogen) atoms. The summed E-state index contributed by atoms with van der Waals surface area (Å²) in [6, 6.07) is 18.5. The molecule has 0 radical (unpaired) electrons. The normalized spacial score (nSPS) is 17.7. The maximum absolute atomic E-state index is 17.5. The van der Waals surface area contributed by atoms with Crippen LogP contribution in [0.3, 0.4) is 0 Å². The second-order valence-electron chi connectivity index (χ2n) is 37.9. The number of nitrogens with one attached hydrogen (secondary N) is 1. The van der Waals surface area contributed by atoms with E-state index in [1.165, 1.54) is 74.4 Å². The number of nitrogens with two attached hydrogens (primary N) is 3. The van der Waals surface area contributed by atoms with E-state index in [9.17, 15) is 24.0 Å². The molecule has 3 saturated heterocycles. The molecule has 12 aromatic rings. The summed E-state index contributed by atoms with van der Waals surface area (Å²) in [4.78, 5) is 113. The van der Waals surface area contributed by atoms with Gasteiger partial charge in [0.2, 0.25) is 17.7 Å². The van der Waals surface area contributed by atoms with Gasteiger partial charge >= 0.3 is 0 Å². The number of aromatic nitrogens is 6. The quantitative estimate of drug-likeness (QED) is 0.0397. The van der Waals surface area contributed by atoms with Crippen LogP contribution >= 0.6 is 0 Å². The van der Waals surface area contributed by atoms with Gasteiger partial charge in [-0.05, 0) is 194 Å². The lowest BCUT2D eigenvalue weighted by molar-refractivity contribution is -0.129. The number of hydrogen-bond acceptors (Lipinski definition) is 19. The van der Waals surface area contributed by atoms with Crippen LogP contribution in [0.25, 0.3) is 83.2 Å². The van der Waals surface area contributed by atoms with Crippen LogP contribution in [0.1, 0.15) is 120 Å². The summed E-state index contributed by atoms with van der Waals surface area (Å²) in [6.45, 7) is 37.8. The molecule has 0 spiro atoms. The largest absolute Gasteiger partial charge is 0.398 e. The summed E-state index contributed by atoms with van der Waals surface area (Å²) in [5.74, 6) is -10.2. The molecule has 6 aliphatic heterocycles. The van der Waals surface area contributed by atoms with Crippen LogP contribution < -0.4 is 63.7 Å². The molecule has 25 nitrogen and oxygen atoms in total. The van der Waals surface area contributed by atoms with Crippen LogP contribution in [-0.2, 0) is 14.4 Å². The first-order chi connectivity index (χ1) is 66.1. The Balaban J connectivity index is 0.000000151. The summed E-state index contributed by atoms with van der Waals surface area (Å²) < 4.78 is 150. The molecule has 6 aliphatic rings. The van der Waals surface area contributed by atoms with Gasteiger partial charge in [0.05, 0.1) is 103 Å². The van der Waals surface area contributed by atoms with E-state index in [4.69, 9.17) is 17.2 Å². The average molecular weight is 1910 g/mol. The van der Waals surface area contributed by atoms with Crippen molar-refractivity contribution in [3.05, 3.63) is 265 Å². The number of aryl methyl sites for hydroxylation is 3. The summed E-state index contributed by atoms with van der Waals surface area (Å²) in [5, 5.41) is 3.64. The summed E-state index contributed by atoms with van der Waals surface area (Å²) in [5.41, 5.74) is 19.0. The molecule has 18 rings (SSSR count). The van der Waals surface area contributed by atoms with Crippen LogP contribution in [0.4, 0.5) is 90.7 Å². The fourth-order valence-electron chi connectivity index (χ4n) is 21.1. The van der Waals surface area contributed by atoms with Gasteiger partial charge in [0, 0.05) is 159 Å². The lowest BCUT2D eigenvalue weighted by atomic mass is 9.94. The minimum atomic E-state index is -1.12. The van der Waals surface area contributed by atoms with Crippen molar-refractivity contribution in [1.29, 1.82) is 0 Å². The number of fused-ring (bicyclic) bond motifs is 15. The molecule has 6 unspecified atom stereocenters. The van der Waals surface area contributed by atoms with Crippen molar-refractivity contribution in [2.24, 2.45) is 0 Å². The predicted molar refractivity (Wildman–Crippen MR) is 532 cm³/mol. The van der Waals surface area contributed by atoms with Crippen LogP contribution in [0, 0.1) is 73.1 Å². The zero-order chi connectivity index (χ0) is 100. The van der Waals surface area contributed by atoms with Crippen molar-refractivity contribution < 1.29 is 53.9 Å². The summed E-state index contributed by atoms with van der Waals surface area (Å²) in [6.07, 6.45) is 9.41. The highest BCUT2D eigenvalue weighted by molar-refractivity contribution is 6.07. The Morgan fingerprint density at radius 2 is 0.763 bits per heavy atom. The van der Waals surface area contributed by atoms with Crippen LogP contribution in [0.15, 0.2) is 162 Å². The molecule has 6 aromatic heterocycles. The number of pyridine rings is 6. The third-order valence-electron chi connectivity index (χ3n) is 27.5. The molecule has 6 aromatic carbocycles. The number of amides is 3. The smallest absolute Gasteiger partial charge is 0.281 e. The number of halogens is 9.